The van der Waals surface area contributed by atoms with E-state index >= 15 is 0 Å². The Kier molecular flexibility index (Phi) is 7.02. The van der Waals surface area contributed by atoms with Gasteiger partial charge in [-0.2, -0.15) is 8.42 Å². The van der Waals surface area contributed by atoms with Crippen LogP contribution in [0.2, 0.25) is 0 Å². The Labute approximate surface area is 193 Å². The fourth-order valence-corrected chi connectivity index (χ4v) is 7.04. The Balaban J connectivity index is 2.06. The van der Waals surface area contributed by atoms with Gasteiger partial charge in [-0.3, -0.25) is 8.98 Å². The van der Waals surface area contributed by atoms with E-state index < -0.39 is 10.1 Å². The highest BCUT2D eigenvalue weighted by atomic mass is 32.2. The van der Waals surface area contributed by atoms with Gasteiger partial charge in [0.15, 0.2) is 5.78 Å². The van der Waals surface area contributed by atoms with Crippen LogP contribution in [-0.4, -0.2) is 41.3 Å². The van der Waals surface area contributed by atoms with E-state index in [0.717, 1.165) is 31.9 Å². The van der Waals surface area contributed by atoms with E-state index in [2.05, 4.69) is 27.7 Å². The Morgan fingerprint density at radius 1 is 1.06 bits per heavy atom. The van der Waals surface area contributed by atoms with Gasteiger partial charge in [0, 0.05) is 17.5 Å². The SMILES string of the molecule is COc1cc(OC)cc(C(=O)C2C(C)C(COS(C)(=O)=O)CC3C(C)(C)CCCC23C)c1. The Morgan fingerprint density at radius 2 is 1.66 bits per heavy atom. The molecule has 0 spiro atoms. The largest absolute Gasteiger partial charge is 0.497 e. The summed E-state index contributed by atoms with van der Waals surface area (Å²) in [6.07, 6.45) is 5.13. The number of carbonyl (C=O) groups excluding carboxylic acids is 1. The lowest BCUT2D eigenvalue weighted by molar-refractivity contribution is -0.107. The molecule has 0 saturated heterocycles. The topological polar surface area (TPSA) is 78.9 Å². The summed E-state index contributed by atoms with van der Waals surface area (Å²) >= 11 is 0. The summed E-state index contributed by atoms with van der Waals surface area (Å²) in [6, 6.07) is 5.32. The molecule has 0 bridgehead atoms. The lowest BCUT2D eigenvalue weighted by atomic mass is 9.44. The number of benzene rings is 1. The highest BCUT2D eigenvalue weighted by Gasteiger charge is 2.58. The van der Waals surface area contributed by atoms with E-state index in [0.29, 0.717) is 23.0 Å². The van der Waals surface area contributed by atoms with Crippen LogP contribution in [0, 0.1) is 34.5 Å². The molecule has 1 aromatic rings. The van der Waals surface area contributed by atoms with Crippen molar-refractivity contribution in [2.45, 2.75) is 53.4 Å². The van der Waals surface area contributed by atoms with Crippen LogP contribution in [0.25, 0.3) is 0 Å². The molecule has 0 radical (unpaired) electrons. The number of fused-ring (bicyclic) bond motifs is 1. The van der Waals surface area contributed by atoms with Crippen molar-refractivity contribution in [2.24, 2.45) is 34.5 Å². The maximum atomic E-state index is 14.1. The van der Waals surface area contributed by atoms with Crippen LogP contribution in [0.5, 0.6) is 11.5 Å². The van der Waals surface area contributed by atoms with Crippen molar-refractivity contribution in [2.75, 3.05) is 27.1 Å². The molecule has 0 amide bonds. The van der Waals surface area contributed by atoms with Crippen LogP contribution >= 0.6 is 0 Å². The van der Waals surface area contributed by atoms with Gasteiger partial charge in [-0.1, -0.05) is 34.1 Å². The zero-order valence-electron chi connectivity index (χ0n) is 20.4. The number of hydrogen-bond donors (Lipinski definition) is 0. The van der Waals surface area contributed by atoms with Gasteiger partial charge in [0.1, 0.15) is 11.5 Å². The molecule has 0 heterocycles. The van der Waals surface area contributed by atoms with Crippen molar-refractivity contribution in [1.29, 1.82) is 0 Å². The van der Waals surface area contributed by atoms with Gasteiger partial charge in [0.05, 0.1) is 27.1 Å². The number of carbonyl (C=O) groups is 1. The van der Waals surface area contributed by atoms with Crippen molar-refractivity contribution in [1.82, 2.24) is 0 Å². The molecule has 5 unspecified atom stereocenters. The second kappa shape index (κ2) is 8.98. The molecule has 0 aromatic heterocycles. The Bertz CT molecular complexity index is 931. The van der Waals surface area contributed by atoms with E-state index in [1.165, 1.54) is 0 Å². The highest BCUT2D eigenvalue weighted by molar-refractivity contribution is 7.85. The molecule has 7 heteroatoms. The van der Waals surface area contributed by atoms with E-state index in [1.807, 2.05) is 0 Å². The summed E-state index contributed by atoms with van der Waals surface area (Å²) < 4.78 is 39.5. The van der Waals surface area contributed by atoms with Crippen LogP contribution in [0.1, 0.15) is 63.7 Å². The van der Waals surface area contributed by atoms with Crippen molar-refractivity contribution < 1.29 is 26.9 Å². The maximum Gasteiger partial charge on any atom is 0.264 e. The van der Waals surface area contributed by atoms with Crippen LogP contribution in [0.4, 0.5) is 0 Å². The molecule has 2 aliphatic carbocycles. The van der Waals surface area contributed by atoms with Gasteiger partial charge in [0.25, 0.3) is 10.1 Å². The molecule has 5 atom stereocenters. The number of methoxy groups -OCH3 is 2. The van der Waals surface area contributed by atoms with Gasteiger partial charge in [0.2, 0.25) is 0 Å². The minimum Gasteiger partial charge on any atom is -0.497 e. The number of ketones is 1. The smallest absolute Gasteiger partial charge is 0.264 e. The molecular weight excluding hydrogens is 428 g/mol. The molecule has 2 aliphatic rings. The third-order valence-corrected chi connectivity index (χ3v) is 8.77. The zero-order chi connectivity index (χ0) is 23.9. The predicted molar refractivity (Wildman–Crippen MR) is 125 cm³/mol. The maximum absolute atomic E-state index is 14.1. The van der Waals surface area contributed by atoms with Gasteiger partial charge in [-0.25, -0.2) is 0 Å². The van der Waals surface area contributed by atoms with Gasteiger partial charge >= 0.3 is 0 Å². The Morgan fingerprint density at radius 3 is 2.19 bits per heavy atom. The highest BCUT2D eigenvalue weighted by Crippen LogP contribution is 2.63. The van der Waals surface area contributed by atoms with Crippen LogP contribution in [-0.2, 0) is 14.3 Å². The molecule has 0 N–H and O–H groups in total. The van der Waals surface area contributed by atoms with Crippen molar-refractivity contribution in [3.63, 3.8) is 0 Å². The summed E-state index contributed by atoms with van der Waals surface area (Å²) in [5.41, 5.74) is 0.475. The van der Waals surface area contributed by atoms with Crippen molar-refractivity contribution in [3.05, 3.63) is 23.8 Å². The van der Waals surface area contributed by atoms with Crippen LogP contribution < -0.4 is 9.47 Å². The third-order valence-electron chi connectivity index (χ3n) is 8.21. The molecule has 1 aromatic carbocycles. The standard InChI is InChI=1S/C25H38O6S/c1-16-18(15-31-32(7,27)28)13-21-24(2,3)9-8-10-25(21,4)22(16)23(26)17-11-19(29-5)14-20(12-17)30-6/h11-12,14,16,18,21-22H,8-10,13,15H2,1-7H3. The van der Waals surface area contributed by atoms with Gasteiger partial charge in [-0.05, 0) is 60.0 Å². The summed E-state index contributed by atoms with van der Waals surface area (Å²) in [5.74, 6) is 1.26. The molecule has 3 rings (SSSR count). The molecule has 6 nitrogen and oxygen atoms in total. The normalized spacial score (nSPS) is 32.1. The third kappa shape index (κ3) is 4.84. The number of ether oxygens (including phenoxy) is 2. The number of Topliss-reactive ketones (excluding diaryl/α,β-unsaturated/α-hetero) is 1. The minimum absolute atomic E-state index is 0.0124. The van der Waals surface area contributed by atoms with Crippen molar-refractivity contribution >= 4 is 15.9 Å². The average molecular weight is 467 g/mol. The second-order valence-electron chi connectivity index (χ2n) is 10.7. The van der Waals surface area contributed by atoms with E-state index in [1.54, 1.807) is 32.4 Å². The van der Waals surface area contributed by atoms with Gasteiger partial charge < -0.3 is 9.47 Å². The van der Waals surface area contributed by atoms with Crippen LogP contribution in [0.3, 0.4) is 0 Å². The summed E-state index contributed by atoms with van der Waals surface area (Å²) in [4.78, 5) is 14.1. The molecule has 32 heavy (non-hydrogen) atoms. The molecule has 0 aliphatic heterocycles. The molecule has 2 saturated carbocycles. The lowest BCUT2D eigenvalue weighted by Gasteiger charge is -2.60. The first-order chi connectivity index (χ1) is 14.8. The van der Waals surface area contributed by atoms with Gasteiger partial charge in [-0.15, -0.1) is 0 Å². The van der Waals surface area contributed by atoms with Crippen LogP contribution in [0.15, 0.2) is 18.2 Å². The summed E-state index contributed by atoms with van der Waals surface area (Å²) in [7, 11) is -0.396. The molecule has 180 valence electrons. The minimum atomic E-state index is -3.55. The number of hydrogen-bond acceptors (Lipinski definition) is 6. The molecule has 2 fully saturated rings. The fourth-order valence-electron chi connectivity index (χ4n) is 6.61. The Hall–Kier alpha value is -1.60. The number of rotatable bonds is 7. The average Bonchev–Trinajstić information content (AvgIpc) is 2.70. The van der Waals surface area contributed by atoms with E-state index in [9.17, 15) is 13.2 Å². The van der Waals surface area contributed by atoms with E-state index in [4.69, 9.17) is 13.7 Å². The van der Waals surface area contributed by atoms with E-state index in [-0.39, 0.29) is 41.0 Å². The van der Waals surface area contributed by atoms with Crippen molar-refractivity contribution in [3.8, 4) is 11.5 Å². The lowest BCUT2D eigenvalue weighted by Crippen LogP contribution is -2.56. The summed E-state index contributed by atoms with van der Waals surface area (Å²) in [6.45, 7) is 9.04. The zero-order valence-corrected chi connectivity index (χ0v) is 21.3. The molecular formula is C25H38O6S. The first kappa shape index (κ1) is 25.0. The fraction of sp³-hybridized carbons (Fsp3) is 0.720. The monoisotopic (exact) mass is 466 g/mol. The summed E-state index contributed by atoms with van der Waals surface area (Å²) in [5, 5.41) is 0. The first-order valence-corrected chi connectivity index (χ1v) is 13.3. The predicted octanol–water partition coefficient (Wildman–Crippen LogP) is 4.97. The quantitative estimate of drug-likeness (QED) is 0.417. The first-order valence-electron chi connectivity index (χ1n) is 11.4. The second-order valence-corrected chi connectivity index (χ2v) is 12.3.